The number of amides is 3. The average Bonchev–Trinajstić information content (AvgIpc) is 2.61. The number of nitrogens with zero attached hydrogens (tertiary/aromatic N) is 1. The van der Waals surface area contributed by atoms with Crippen molar-refractivity contribution in [1.29, 1.82) is 0 Å². The molecule has 0 aliphatic carbocycles. The minimum atomic E-state index is -0.350. The summed E-state index contributed by atoms with van der Waals surface area (Å²) in [7, 11) is 0. The second-order valence-corrected chi connectivity index (χ2v) is 6.99. The van der Waals surface area contributed by atoms with Gasteiger partial charge in [0, 0.05) is 19.6 Å². The molecule has 1 fully saturated rings. The van der Waals surface area contributed by atoms with Crippen molar-refractivity contribution in [2.75, 3.05) is 19.6 Å². The van der Waals surface area contributed by atoms with Gasteiger partial charge in [0.25, 0.3) is 0 Å². The topological polar surface area (TPSA) is 61.4 Å². The third kappa shape index (κ3) is 2.73. The SMILES string of the molecule is CCNC(=O)N1CCC2(CC1)NC(=O)Cc1cc3ccccc3cc12. The predicted octanol–water partition coefficient (Wildman–Crippen LogP) is 2.53. The van der Waals surface area contributed by atoms with Crippen molar-refractivity contribution < 1.29 is 9.59 Å². The molecule has 25 heavy (non-hydrogen) atoms. The number of hydrogen-bond donors (Lipinski definition) is 2. The summed E-state index contributed by atoms with van der Waals surface area (Å²) in [6.45, 7) is 3.86. The maximum atomic E-state index is 12.3. The van der Waals surface area contributed by atoms with E-state index in [0.717, 1.165) is 18.4 Å². The smallest absolute Gasteiger partial charge is 0.317 e. The summed E-state index contributed by atoms with van der Waals surface area (Å²) in [4.78, 5) is 26.3. The van der Waals surface area contributed by atoms with Gasteiger partial charge in [-0.3, -0.25) is 4.79 Å². The molecule has 0 saturated carbocycles. The van der Waals surface area contributed by atoms with Crippen molar-refractivity contribution in [3.63, 3.8) is 0 Å². The molecule has 0 radical (unpaired) electrons. The van der Waals surface area contributed by atoms with Gasteiger partial charge in [0.1, 0.15) is 0 Å². The van der Waals surface area contributed by atoms with Crippen molar-refractivity contribution >= 4 is 22.7 Å². The van der Waals surface area contributed by atoms with Crippen molar-refractivity contribution in [3.05, 3.63) is 47.5 Å². The monoisotopic (exact) mass is 337 g/mol. The summed E-state index contributed by atoms with van der Waals surface area (Å²) in [5, 5.41) is 8.47. The molecular weight excluding hydrogens is 314 g/mol. The molecule has 2 aromatic rings. The number of fused-ring (bicyclic) bond motifs is 3. The lowest BCUT2D eigenvalue weighted by atomic mass is 9.75. The van der Waals surface area contributed by atoms with Gasteiger partial charge in [0.05, 0.1) is 12.0 Å². The number of hydrogen-bond acceptors (Lipinski definition) is 2. The number of rotatable bonds is 1. The summed E-state index contributed by atoms with van der Waals surface area (Å²) < 4.78 is 0. The Morgan fingerprint density at radius 2 is 1.88 bits per heavy atom. The number of urea groups is 1. The van der Waals surface area contributed by atoms with E-state index in [-0.39, 0.29) is 17.5 Å². The minimum absolute atomic E-state index is 0.0155. The van der Waals surface area contributed by atoms with Crippen LogP contribution in [0.4, 0.5) is 4.79 Å². The van der Waals surface area contributed by atoms with Gasteiger partial charge in [0.2, 0.25) is 5.91 Å². The molecule has 2 aliphatic heterocycles. The molecule has 0 aromatic heterocycles. The van der Waals surface area contributed by atoms with Gasteiger partial charge < -0.3 is 15.5 Å². The summed E-state index contributed by atoms with van der Waals surface area (Å²) in [5.41, 5.74) is 1.99. The molecule has 2 aromatic carbocycles. The summed E-state index contributed by atoms with van der Waals surface area (Å²) >= 11 is 0. The normalized spacial score (nSPS) is 18.8. The molecule has 3 amide bonds. The van der Waals surface area contributed by atoms with E-state index in [9.17, 15) is 9.59 Å². The van der Waals surface area contributed by atoms with E-state index in [1.807, 2.05) is 24.0 Å². The summed E-state index contributed by atoms with van der Waals surface area (Å²) in [5.74, 6) is 0.0780. The molecule has 2 heterocycles. The molecule has 4 rings (SSSR count). The number of benzene rings is 2. The van der Waals surface area contributed by atoms with E-state index in [2.05, 4.69) is 34.9 Å². The van der Waals surface area contributed by atoms with Crippen LogP contribution >= 0.6 is 0 Å². The predicted molar refractivity (Wildman–Crippen MR) is 97.4 cm³/mol. The van der Waals surface area contributed by atoms with E-state index in [1.54, 1.807) is 0 Å². The van der Waals surface area contributed by atoms with Crippen molar-refractivity contribution in [2.45, 2.75) is 31.7 Å². The fourth-order valence-electron chi connectivity index (χ4n) is 4.18. The zero-order valence-electron chi connectivity index (χ0n) is 14.5. The molecule has 5 heteroatoms. The third-order valence-corrected chi connectivity index (χ3v) is 5.45. The summed E-state index contributed by atoms with van der Waals surface area (Å²) in [6.07, 6.45) is 1.93. The van der Waals surface area contributed by atoms with Crippen LogP contribution in [0.2, 0.25) is 0 Å². The fraction of sp³-hybridized carbons (Fsp3) is 0.400. The van der Waals surface area contributed by atoms with Crippen LogP contribution in [-0.2, 0) is 16.8 Å². The molecule has 0 unspecified atom stereocenters. The first kappa shape index (κ1) is 15.9. The molecule has 5 nitrogen and oxygen atoms in total. The Labute approximate surface area is 147 Å². The second-order valence-electron chi connectivity index (χ2n) is 6.99. The fourth-order valence-corrected chi connectivity index (χ4v) is 4.18. The van der Waals surface area contributed by atoms with Crippen molar-refractivity contribution in [1.82, 2.24) is 15.5 Å². The van der Waals surface area contributed by atoms with Gasteiger partial charge in [-0.05, 0) is 47.7 Å². The molecule has 0 bridgehead atoms. The van der Waals surface area contributed by atoms with E-state index >= 15 is 0 Å². The second kappa shape index (κ2) is 6.06. The molecule has 1 spiro atoms. The van der Waals surface area contributed by atoms with E-state index in [0.29, 0.717) is 26.1 Å². The van der Waals surface area contributed by atoms with Crippen LogP contribution in [0.5, 0.6) is 0 Å². The highest BCUT2D eigenvalue weighted by atomic mass is 16.2. The van der Waals surface area contributed by atoms with Crippen LogP contribution in [-0.4, -0.2) is 36.5 Å². The van der Waals surface area contributed by atoms with Crippen LogP contribution < -0.4 is 10.6 Å². The van der Waals surface area contributed by atoms with Gasteiger partial charge in [-0.15, -0.1) is 0 Å². The van der Waals surface area contributed by atoms with Gasteiger partial charge in [-0.1, -0.05) is 30.3 Å². The standard InChI is InChI=1S/C20H23N3O2/c1-2-21-19(25)23-9-7-20(8-10-23)17-12-15-6-4-3-5-14(15)11-16(17)13-18(24)22-20/h3-6,11-12H,2,7-10,13H2,1H3,(H,21,25)(H,22,24). The van der Waals surface area contributed by atoms with Crippen LogP contribution in [0.1, 0.15) is 30.9 Å². The highest BCUT2D eigenvalue weighted by Crippen LogP contribution is 2.39. The lowest BCUT2D eigenvalue weighted by Crippen LogP contribution is -2.57. The third-order valence-electron chi connectivity index (χ3n) is 5.45. The van der Waals surface area contributed by atoms with E-state index in [4.69, 9.17) is 0 Å². The summed E-state index contributed by atoms with van der Waals surface area (Å²) in [6, 6.07) is 12.6. The largest absolute Gasteiger partial charge is 0.346 e. The molecular formula is C20H23N3O2. The van der Waals surface area contributed by atoms with E-state index in [1.165, 1.54) is 16.3 Å². The number of nitrogens with one attached hydrogen (secondary N) is 2. The molecule has 130 valence electrons. The highest BCUT2D eigenvalue weighted by molar-refractivity contribution is 5.89. The first-order valence-electron chi connectivity index (χ1n) is 8.97. The Hall–Kier alpha value is -2.56. The van der Waals surface area contributed by atoms with Gasteiger partial charge in [0.15, 0.2) is 0 Å². The number of carbonyl (C=O) groups is 2. The van der Waals surface area contributed by atoms with Gasteiger partial charge >= 0.3 is 6.03 Å². The zero-order valence-corrected chi connectivity index (χ0v) is 14.5. The first-order chi connectivity index (χ1) is 12.1. The lowest BCUT2D eigenvalue weighted by Gasteiger charge is -2.45. The van der Waals surface area contributed by atoms with Gasteiger partial charge in [-0.2, -0.15) is 0 Å². The van der Waals surface area contributed by atoms with Crippen LogP contribution in [0.3, 0.4) is 0 Å². The number of piperidine rings is 1. The Morgan fingerprint density at radius 3 is 2.56 bits per heavy atom. The van der Waals surface area contributed by atoms with Crippen molar-refractivity contribution in [2.24, 2.45) is 0 Å². The lowest BCUT2D eigenvalue weighted by molar-refractivity contribution is -0.123. The first-order valence-corrected chi connectivity index (χ1v) is 8.97. The molecule has 0 atom stereocenters. The Kier molecular flexibility index (Phi) is 3.86. The van der Waals surface area contributed by atoms with Crippen LogP contribution in [0.25, 0.3) is 10.8 Å². The van der Waals surface area contributed by atoms with Gasteiger partial charge in [-0.25, -0.2) is 4.79 Å². The minimum Gasteiger partial charge on any atom is -0.346 e. The van der Waals surface area contributed by atoms with E-state index < -0.39 is 0 Å². The Balaban J connectivity index is 1.69. The molecule has 2 N–H and O–H groups in total. The zero-order chi connectivity index (χ0) is 17.4. The maximum absolute atomic E-state index is 12.3. The number of carbonyl (C=O) groups excluding carboxylic acids is 2. The quantitative estimate of drug-likeness (QED) is 0.840. The van der Waals surface area contributed by atoms with Crippen molar-refractivity contribution in [3.8, 4) is 0 Å². The molecule has 2 aliphatic rings. The Bertz CT molecular complexity index is 838. The Morgan fingerprint density at radius 1 is 1.20 bits per heavy atom. The van der Waals surface area contributed by atoms with Crippen LogP contribution in [0, 0.1) is 0 Å². The highest BCUT2D eigenvalue weighted by Gasteiger charge is 2.42. The number of likely N-dealkylation sites (tertiary alicyclic amines) is 1. The molecule has 1 saturated heterocycles. The maximum Gasteiger partial charge on any atom is 0.317 e. The average molecular weight is 337 g/mol. The van der Waals surface area contributed by atoms with Crippen LogP contribution in [0.15, 0.2) is 36.4 Å².